The van der Waals surface area contributed by atoms with Crippen molar-refractivity contribution >= 4 is 107 Å². The summed E-state index contributed by atoms with van der Waals surface area (Å²) in [5.41, 5.74) is 3.16. The second kappa shape index (κ2) is 10.4. The van der Waals surface area contributed by atoms with Gasteiger partial charge in [0.1, 0.15) is 20.6 Å². The Labute approximate surface area is 222 Å². The van der Waals surface area contributed by atoms with E-state index >= 15 is 0 Å². The van der Waals surface area contributed by atoms with Crippen molar-refractivity contribution in [2.24, 2.45) is 0 Å². The van der Waals surface area contributed by atoms with Crippen LogP contribution in [0.1, 0.15) is 16.7 Å². The van der Waals surface area contributed by atoms with E-state index in [2.05, 4.69) is 25.3 Å². The molecule has 0 aliphatic carbocycles. The van der Waals surface area contributed by atoms with Gasteiger partial charge in [-0.1, -0.05) is 40.9 Å². The third kappa shape index (κ3) is 5.62. The molecule has 0 aliphatic heterocycles. The molecule has 33 heavy (non-hydrogen) atoms. The fraction of sp³-hybridized carbons (Fsp3) is 0.143. The summed E-state index contributed by atoms with van der Waals surface area (Å²) in [6, 6.07) is 5.42. The Morgan fingerprint density at radius 1 is 0.788 bits per heavy atom. The van der Waals surface area contributed by atoms with Gasteiger partial charge in [-0.25, -0.2) is 19.9 Å². The molecule has 0 atom stereocenters. The number of nitrogens with one attached hydrogen (secondary N) is 1. The summed E-state index contributed by atoms with van der Waals surface area (Å²) in [6.07, 6.45) is 0. The normalized spacial score (nSPS) is 11.0. The van der Waals surface area contributed by atoms with Crippen molar-refractivity contribution in [1.29, 1.82) is 0 Å². The first-order chi connectivity index (χ1) is 15.7. The van der Waals surface area contributed by atoms with Gasteiger partial charge < -0.3 is 5.32 Å². The van der Waals surface area contributed by atoms with E-state index in [4.69, 9.17) is 58.0 Å². The fourth-order valence-electron chi connectivity index (χ4n) is 3.04. The molecule has 0 saturated heterocycles. The largest absolute Gasteiger partial charge is 0.365 e. The molecule has 5 aromatic rings. The van der Waals surface area contributed by atoms with E-state index in [1.54, 1.807) is 17.4 Å². The zero-order valence-corrected chi connectivity index (χ0v) is 22.5. The minimum absolute atomic E-state index is 0.203. The van der Waals surface area contributed by atoms with E-state index in [1.807, 2.05) is 36.7 Å². The average molecular weight is 578 g/mol. The molecule has 0 aliphatic rings. The van der Waals surface area contributed by atoms with Gasteiger partial charge in [-0.05, 0) is 76.6 Å². The Morgan fingerprint density at radius 3 is 2.06 bits per heavy atom. The summed E-state index contributed by atoms with van der Waals surface area (Å²) in [5.74, 6) is 0.717. The van der Waals surface area contributed by atoms with Crippen molar-refractivity contribution in [1.82, 2.24) is 19.9 Å². The topological polar surface area (TPSA) is 63.6 Å². The molecule has 1 aromatic carbocycles. The number of hydrogen-bond acceptors (Lipinski definition) is 7. The van der Waals surface area contributed by atoms with Crippen molar-refractivity contribution in [3.05, 3.63) is 71.4 Å². The lowest BCUT2D eigenvalue weighted by molar-refractivity contribution is 1.10. The van der Waals surface area contributed by atoms with Gasteiger partial charge in [0.05, 0.1) is 10.8 Å². The Morgan fingerprint density at radius 2 is 1.39 bits per heavy atom. The number of aromatic nitrogens is 4. The summed E-state index contributed by atoms with van der Waals surface area (Å²) < 4.78 is 0. The Bertz CT molecular complexity index is 1470. The van der Waals surface area contributed by atoms with Crippen LogP contribution in [0.15, 0.2) is 29.0 Å². The molecule has 0 radical (unpaired) electrons. The van der Waals surface area contributed by atoms with Crippen LogP contribution in [0.25, 0.3) is 20.4 Å². The highest BCUT2D eigenvalue weighted by atomic mass is 35.5. The van der Waals surface area contributed by atoms with Crippen molar-refractivity contribution in [3.63, 3.8) is 0 Å². The molecule has 4 heterocycles. The van der Waals surface area contributed by atoms with E-state index in [9.17, 15) is 0 Å². The van der Waals surface area contributed by atoms with E-state index < -0.39 is 0 Å². The number of hydrogen-bond donors (Lipinski definition) is 1. The van der Waals surface area contributed by atoms with Gasteiger partial charge in [-0.15, -0.1) is 22.7 Å². The summed E-state index contributed by atoms with van der Waals surface area (Å²) in [7, 11) is 0. The third-order valence-electron chi connectivity index (χ3n) is 4.60. The lowest BCUT2D eigenvalue weighted by Gasteiger charge is -2.09. The Kier molecular flexibility index (Phi) is 7.80. The van der Waals surface area contributed by atoms with Gasteiger partial charge in [0.15, 0.2) is 0 Å². The smallest absolute Gasteiger partial charge is 0.225 e. The van der Waals surface area contributed by atoms with Crippen LogP contribution in [0.4, 0.5) is 5.82 Å². The molecular weight excluding hydrogens is 564 g/mol. The van der Waals surface area contributed by atoms with Crippen LogP contribution in [0.2, 0.25) is 25.8 Å². The van der Waals surface area contributed by atoms with Gasteiger partial charge in [-0.2, -0.15) is 0 Å². The van der Waals surface area contributed by atoms with Crippen molar-refractivity contribution in [3.8, 4) is 0 Å². The Balaban J connectivity index is 0.000000183. The molecule has 170 valence electrons. The number of halogens is 5. The van der Waals surface area contributed by atoms with Crippen LogP contribution in [-0.2, 0) is 6.54 Å². The van der Waals surface area contributed by atoms with Gasteiger partial charge in [-0.3, -0.25) is 0 Å². The predicted molar refractivity (Wildman–Crippen MR) is 143 cm³/mol. The molecule has 0 bridgehead atoms. The minimum atomic E-state index is 0.203. The summed E-state index contributed by atoms with van der Waals surface area (Å²) in [5, 5.41) is 11.3. The molecule has 5 nitrogen and oxygen atoms in total. The molecule has 0 saturated carbocycles. The zero-order chi connectivity index (χ0) is 23.7. The van der Waals surface area contributed by atoms with Crippen LogP contribution >= 0.6 is 80.7 Å². The van der Waals surface area contributed by atoms with Gasteiger partial charge in [0, 0.05) is 16.6 Å². The van der Waals surface area contributed by atoms with Crippen molar-refractivity contribution < 1.29 is 0 Å². The predicted octanol–water partition coefficient (Wildman–Crippen LogP) is 8.88. The molecule has 0 unspecified atom stereocenters. The third-order valence-corrected chi connectivity index (χ3v) is 7.78. The number of nitrogens with zero attached hydrogens (tertiary/aromatic N) is 4. The first-order valence-electron chi connectivity index (χ1n) is 9.39. The molecular formula is C21H14Cl5N5S2. The molecule has 1 N–H and O–H groups in total. The molecule has 0 fully saturated rings. The highest BCUT2D eigenvalue weighted by Gasteiger charge is 2.12. The van der Waals surface area contributed by atoms with Crippen LogP contribution in [0.5, 0.6) is 0 Å². The standard InChI is InChI=1S/C14H10Cl3N3S.C7H4Cl2N2S/c1-7-6-21-13-11(7)12(19-14(17)20-13)18-5-8-2-3-9(15)4-10(8)16;1-3-2-12-6-4(3)5(8)10-7(9)11-6/h2-4,6H,5H2,1H3,(H,18,19,20);2H,1H3. The van der Waals surface area contributed by atoms with Crippen molar-refractivity contribution in [2.45, 2.75) is 20.4 Å². The lowest BCUT2D eigenvalue weighted by Crippen LogP contribution is -2.03. The number of benzene rings is 1. The van der Waals surface area contributed by atoms with E-state index in [1.165, 1.54) is 11.3 Å². The molecule has 0 spiro atoms. The quantitative estimate of drug-likeness (QED) is 0.171. The average Bonchev–Trinajstić information content (AvgIpc) is 3.30. The number of fused-ring (bicyclic) bond motifs is 2. The first-order valence-corrected chi connectivity index (χ1v) is 13.0. The van der Waals surface area contributed by atoms with Gasteiger partial charge in [0.25, 0.3) is 0 Å². The maximum atomic E-state index is 6.17. The second-order valence-corrected chi connectivity index (χ2v) is 10.5. The van der Waals surface area contributed by atoms with Crippen LogP contribution in [0.3, 0.4) is 0 Å². The van der Waals surface area contributed by atoms with Crippen LogP contribution in [-0.4, -0.2) is 19.9 Å². The number of rotatable bonds is 3. The number of aryl methyl sites for hydroxylation is 2. The summed E-state index contributed by atoms with van der Waals surface area (Å²) >= 11 is 32.6. The zero-order valence-electron chi connectivity index (χ0n) is 17.1. The number of anilines is 1. The summed E-state index contributed by atoms with van der Waals surface area (Å²) in [6.45, 7) is 4.53. The Hall–Kier alpha value is -1.45. The maximum Gasteiger partial charge on any atom is 0.225 e. The van der Waals surface area contributed by atoms with Crippen LogP contribution < -0.4 is 5.32 Å². The van der Waals surface area contributed by atoms with Gasteiger partial charge >= 0.3 is 0 Å². The fourth-order valence-corrected chi connectivity index (χ4v) is 6.21. The van der Waals surface area contributed by atoms with Crippen LogP contribution in [0, 0.1) is 13.8 Å². The SMILES string of the molecule is Cc1csc2nc(Cl)nc(Cl)c12.Cc1csc2nc(Cl)nc(NCc3ccc(Cl)cc3Cl)c12. The van der Waals surface area contributed by atoms with E-state index in [0.717, 1.165) is 42.9 Å². The maximum absolute atomic E-state index is 6.17. The molecule has 4 aromatic heterocycles. The first kappa shape index (κ1) is 24.7. The van der Waals surface area contributed by atoms with E-state index in [-0.39, 0.29) is 10.6 Å². The number of thiophene rings is 2. The molecule has 12 heteroatoms. The molecule has 0 amide bonds. The monoisotopic (exact) mass is 575 g/mol. The lowest BCUT2D eigenvalue weighted by atomic mass is 10.2. The molecule has 5 rings (SSSR count). The minimum Gasteiger partial charge on any atom is -0.365 e. The van der Waals surface area contributed by atoms with E-state index in [0.29, 0.717) is 21.7 Å². The second-order valence-electron chi connectivity index (χ2n) is 6.91. The highest BCUT2D eigenvalue weighted by molar-refractivity contribution is 7.17. The highest BCUT2D eigenvalue weighted by Crippen LogP contribution is 2.32. The van der Waals surface area contributed by atoms with Crippen molar-refractivity contribution in [2.75, 3.05) is 5.32 Å². The van der Waals surface area contributed by atoms with Gasteiger partial charge in [0.2, 0.25) is 10.6 Å². The summed E-state index contributed by atoms with van der Waals surface area (Å²) in [4.78, 5) is 18.1.